The summed E-state index contributed by atoms with van der Waals surface area (Å²) in [5.74, 6) is 0.357. The van der Waals surface area contributed by atoms with E-state index < -0.39 is 0 Å². The lowest BCUT2D eigenvalue weighted by atomic mass is 10.1. The molecule has 0 aliphatic rings. The molecule has 4 rings (SSSR count). The number of H-pyrrole nitrogens is 1. The lowest BCUT2D eigenvalue weighted by molar-refractivity contribution is 0.967. The van der Waals surface area contributed by atoms with Crippen LogP contribution in [0.15, 0.2) is 65.9 Å². The highest BCUT2D eigenvalue weighted by Crippen LogP contribution is 2.20. The summed E-state index contributed by atoms with van der Waals surface area (Å²) in [6.07, 6.45) is 3.40. The fourth-order valence-electron chi connectivity index (χ4n) is 2.72. The average molecular weight is 328 g/mol. The quantitative estimate of drug-likeness (QED) is 0.441. The Morgan fingerprint density at radius 2 is 1.84 bits per heavy atom. The summed E-state index contributed by atoms with van der Waals surface area (Å²) >= 11 is 0. The molecule has 6 nitrogen and oxygen atoms in total. The van der Waals surface area contributed by atoms with Crippen molar-refractivity contribution in [1.82, 2.24) is 20.2 Å². The molecular formula is C19H16N6. The molecule has 25 heavy (non-hydrogen) atoms. The maximum Gasteiger partial charge on any atom is 0.263 e. The van der Waals surface area contributed by atoms with Gasteiger partial charge in [-0.2, -0.15) is 10.2 Å². The molecule has 0 fully saturated rings. The smallest absolute Gasteiger partial charge is 0.263 e. The zero-order valence-electron chi connectivity index (χ0n) is 13.6. The van der Waals surface area contributed by atoms with Crippen molar-refractivity contribution in [3.8, 4) is 11.3 Å². The topological polar surface area (TPSA) is 78.9 Å². The zero-order chi connectivity index (χ0) is 17.1. The number of hydrogen-bond acceptors (Lipinski definition) is 5. The number of aromatic nitrogens is 4. The van der Waals surface area contributed by atoms with Gasteiger partial charge < -0.3 is 4.98 Å². The number of anilines is 1. The van der Waals surface area contributed by atoms with Gasteiger partial charge in [0.2, 0.25) is 0 Å². The van der Waals surface area contributed by atoms with Crippen LogP contribution in [0.3, 0.4) is 0 Å². The lowest BCUT2D eigenvalue weighted by Gasteiger charge is -2.02. The van der Waals surface area contributed by atoms with E-state index in [0.29, 0.717) is 5.95 Å². The monoisotopic (exact) mass is 328 g/mol. The van der Waals surface area contributed by atoms with Gasteiger partial charge >= 0.3 is 0 Å². The maximum absolute atomic E-state index is 4.44. The molecule has 0 radical (unpaired) electrons. The van der Waals surface area contributed by atoms with Crippen LogP contribution in [0, 0.1) is 6.92 Å². The van der Waals surface area contributed by atoms with Gasteiger partial charge in [0.25, 0.3) is 5.95 Å². The highest BCUT2D eigenvalue weighted by atomic mass is 15.4. The van der Waals surface area contributed by atoms with Gasteiger partial charge in [-0.05, 0) is 13.0 Å². The molecule has 6 heteroatoms. The fourth-order valence-corrected chi connectivity index (χ4v) is 2.72. The van der Waals surface area contributed by atoms with Crippen molar-refractivity contribution in [2.75, 3.05) is 5.43 Å². The van der Waals surface area contributed by atoms with E-state index in [2.05, 4.69) is 36.8 Å². The first kappa shape index (κ1) is 15.0. The molecule has 0 aliphatic carbocycles. The average Bonchev–Trinajstić information content (AvgIpc) is 2.98. The first-order valence-electron chi connectivity index (χ1n) is 7.93. The first-order valence-corrected chi connectivity index (χ1v) is 7.93. The molecule has 0 bridgehead atoms. The standard InChI is InChI=1S/C19H16N6/c1-13-16(15-9-5-6-10-17(15)22-13)11-20-24-19-23-18(12-21-25-19)14-7-3-2-4-8-14/h2-12,22H,1H3,(H,23,24,25)/b20-11-. The number of hydrazone groups is 1. The summed E-state index contributed by atoms with van der Waals surface area (Å²) in [6.45, 7) is 2.02. The zero-order valence-corrected chi connectivity index (χ0v) is 13.6. The summed E-state index contributed by atoms with van der Waals surface area (Å²) in [6, 6.07) is 18.0. The number of para-hydroxylation sites is 1. The molecule has 0 unspecified atom stereocenters. The summed E-state index contributed by atoms with van der Waals surface area (Å²) in [7, 11) is 0. The van der Waals surface area contributed by atoms with E-state index in [-0.39, 0.29) is 0 Å². The molecule has 0 aliphatic heterocycles. The van der Waals surface area contributed by atoms with Crippen LogP contribution >= 0.6 is 0 Å². The maximum atomic E-state index is 4.44. The second kappa shape index (κ2) is 6.52. The van der Waals surface area contributed by atoms with E-state index in [1.165, 1.54) is 0 Å². The highest BCUT2D eigenvalue weighted by molar-refractivity contribution is 6.00. The van der Waals surface area contributed by atoms with Crippen molar-refractivity contribution in [2.45, 2.75) is 6.92 Å². The van der Waals surface area contributed by atoms with Crippen LogP contribution in [-0.4, -0.2) is 26.4 Å². The van der Waals surface area contributed by atoms with Crippen molar-refractivity contribution >= 4 is 23.1 Å². The fraction of sp³-hybridized carbons (Fsp3) is 0.0526. The van der Waals surface area contributed by atoms with Crippen LogP contribution in [0.1, 0.15) is 11.3 Å². The molecule has 4 aromatic rings. The number of nitrogens with zero attached hydrogens (tertiary/aromatic N) is 4. The molecule has 0 atom stereocenters. The number of benzene rings is 2. The molecular weight excluding hydrogens is 312 g/mol. The van der Waals surface area contributed by atoms with Gasteiger partial charge in [0.15, 0.2) is 0 Å². The van der Waals surface area contributed by atoms with Crippen molar-refractivity contribution in [3.05, 3.63) is 72.1 Å². The second-order valence-corrected chi connectivity index (χ2v) is 5.61. The van der Waals surface area contributed by atoms with Crippen LogP contribution in [0.4, 0.5) is 5.95 Å². The normalized spacial score (nSPS) is 11.2. The Morgan fingerprint density at radius 1 is 1.04 bits per heavy atom. The van der Waals surface area contributed by atoms with Gasteiger partial charge in [0.05, 0.1) is 18.1 Å². The predicted octanol–water partition coefficient (Wildman–Crippen LogP) is 3.77. The summed E-state index contributed by atoms with van der Waals surface area (Å²) in [5.41, 5.74) is 7.77. The number of nitrogens with one attached hydrogen (secondary N) is 2. The van der Waals surface area contributed by atoms with Crippen LogP contribution in [0.2, 0.25) is 0 Å². The van der Waals surface area contributed by atoms with Crippen molar-refractivity contribution < 1.29 is 0 Å². The van der Waals surface area contributed by atoms with Gasteiger partial charge in [-0.25, -0.2) is 10.4 Å². The van der Waals surface area contributed by atoms with Crippen molar-refractivity contribution in [3.63, 3.8) is 0 Å². The molecule has 0 spiro atoms. The minimum absolute atomic E-state index is 0.357. The number of fused-ring (bicyclic) bond motifs is 1. The predicted molar refractivity (Wildman–Crippen MR) is 99.5 cm³/mol. The minimum atomic E-state index is 0.357. The molecule has 2 heterocycles. The summed E-state index contributed by atoms with van der Waals surface area (Å²) in [5, 5.41) is 13.4. The third-order valence-corrected chi connectivity index (χ3v) is 3.93. The first-order chi connectivity index (χ1) is 12.3. The van der Waals surface area contributed by atoms with E-state index in [9.17, 15) is 0 Å². The van der Waals surface area contributed by atoms with E-state index in [1.54, 1.807) is 12.4 Å². The highest BCUT2D eigenvalue weighted by Gasteiger charge is 2.06. The third-order valence-electron chi connectivity index (χ3n) is 3.93. The van der Waals surface area contributed by atoms with Crippen LogP contribution < -0.4 is 5.43 Å². The summed E-state index contributed by atoms with van der Waals surface area (Å²) in [4.78, 5) is 7.78. The van der Waals surface area contributed by atoms with E-state index >= 15 is 0 Å². The Labute approximate surface area is 144 Å². The molecule has 0 saturated heterocycles. The van der Waals surface area contributed by atoms with Crippen LogP contribution in [0.25, 0.3) is 22.2 Å². The molecule has 122 valence electrons. The van der Waals surface area contributed by atoms with Crippen LogP contribution in [-0.2, 0) is 0 Å². The van der Waals surface area contributed by atoms with E-state index in [4.69, 9.17) is 0 Å². The SMILES string of the molecule is Cc1[nH]c2ccccc2c1/C=N\Nc1nncc(-c2ccccc2)n1. The largest absolute Gasteiger partial charge is 0.358 e. The molecule has 2 aromatic heterocycles. The molecule has 2 N–H and O–H groups in total. The van der Waals surface area contributed by atoms with Gasteiger partial charge in [0.1, 0.15) is 0 Å². The van der Waals surface area contributed by atoms with Crippen molar-refractivity contribution in [2.24, 2.45) is 5.10 Å². The second-order valence-electron chi connectivity index (χ2n) is 5.61. The number of aryl methyl sites for hydroxylation is 1. The Morgan fingerprint density at radius 3 is 2.72 bits per heavy atom. The number of hydrogen-bond donors (Lipinski definition) is 2. The number of aromatic amines is 1. The van der Waals surface area contributed by atoms with E-state index in [1.807, 2.05) is 55.5 Å². The molecule has 2 aromatic carbocycles. The Kier molecular flexibility index (Phi) is 3.92. The van der Waals surface area contributed by atoms with Gasteiger partial charge in [-0.15, -0.1) is 5.10 Å². The van der Waals surface area contributed by atoms with Crippen molar-refractivity contribution in [1.29, 1.82) is 0 Å². The van der Waals surface area contributed by atoms with Gasteiger partial charge in [-0.1, -0.05) is 48.5 Å². The van der Waals surface area contributed by atoms with Gasteiger partial charge in [0, 0.05) is 27.7 Å². The van der Waals surface area contributed by atoms with Gasteiger partial charge in [-0.3, -0.25) is 0 Å². The lowest BCUT2D eigenvalue weighted by Crippen LogP contribution is -2.00. The molecule has 0 saturated carbocycles. The Balaban J connectivity index is 1.57. The Hall–Kier alpha value is -3.54. The van der Waals surface area contributed by atoms with Crippen LogP contribution in [0.5, 0.6) is 0 Å². The molecule has 0 amide bonds. The minimum Gasteiger partial charge on any atom is -0.358 e. The third kappa shape index (κ3) is 3.10. The van der Waals surface area contributed by atoms with E-state index in [0.717, 1.165) is 33.4 Å². The number of rotatable bonds is 4. The summed E-state index contributed by atoms with van der Waals surface area (Å²) < 4.78 is 0. The Bertz CT molecular complexity index is 1040.